The predicted octanol–water partition coefficient (Wildman–Crippen LogP) is 3.92. The molecular weight excluding hydrogens is 232 g/mol. The second-order valence-electron chi connectivity index (χ2n) is 4.77. The van der Waals surface area contributed by atoms with E-state index in [0.29, 0.717) is 0 Å². The van der Waals surface area contributed by atoms with Gasteiger partial charge in [-0.05, 0) is 24.6 Å². The van der Waals surface area contributed by atoms with E-state index in [1.807, 2.05) is 43.3 Å². The molecule has 0 aliphatic rings. The van der Waals surface area contributed by atoms with Crippen LogP contribution in [0.2, 0.25) is 0 Å². The molecule has 1 aromatic heterocycles. The SMILES string of the molecule is CC(N)c1cc2ccccc2nc1-c1ccccc1. The number of nitrogens with zero attached hydrogens (tertiary/aromatic N) is 1. The van der Waals surface area contributed by atoms with Crippen molar-refractivity contribution in [3.8, 4) is 11.3 Å². The molecule has 0 fully saturated rings. The number of nitrogens with two attached hydrogens (primary N) is 1. The topological polar surface area (TPSA) is 38.9 Å². The van der Waals surface area contributed by atoms with Crippen molar-refractivity contribution in [1.29, 1.82) is 0 Å². The molecular formula is C17H16N2. The van der Waals surface area contributed by atoms with E-state index in [2.05, 4.69) is 24.3 Å². The summed E-state index contributed by atoms with van der Waals surface area (Å²) in [5.41, 5.74) is 10.3. The highest BCUT2D eigenvalue weighted by Crippen LogP contribution is 2.28. The summed E-state index contributed by atoms with van der Waals surface area (Å²) >= 11 is 0. The molecule has 0 aliphatic carbocycles. The fourth-order valence-electron chi connectivity index (χ4n) is 2.31. The Balaban J connectivity index is 2.30. The second-order valence-corrected chi connectivity index (χ2v) is 4.77. The predicted molar refractivity (Wildman–Crippen MR) is 79.8 cm³/mol. The van der Waals surface area contributed by atoms with Crippen molar-refractivity contribution in [2.75, 3.05) is 0 Å². The maximum Gasteiger partial charge on any atom is 0.0757 e. The van der Waals surface area contributed by atoms with Gasteiger partial charge in [0.1, 0.15) is 0 Å². The zero-order valence-corrected chi connectivity index (χ0v) is 10.9. The van der Waals surface area contributed by atoms with Crippen molar-refractivity contribution in [2.24, 2.45) is 5.73 Å². The highest BCUT2D eigenvalue weighted by atomic mass is 14.7. The van der Waals surface area contributed by atoms with Crippen LogP contribution in [-0.4, -0.2) is 4.98 Å². The summed E-state index contributed by atoms with van der Waals surface area (Å²) in [5.74, 6) is 0. The average Bonchev–Trinajstić information content (AvgIpc) is 2.46. The number of benzene rings is 2. The molecule has 2 heteroatoms. The zero-order chi connectivity index (χ0) is 13.2. The standard InChI is InChI=1S/C17H16N2/c1-12(18)15-11-14-9-5-6-10-16(14)19-17(15)13-7-3-2-4-8-13/h2-12H,18H2,1H3. The monoisotopic (exact) mass is 248 g/mol. The van der Waals surface area contributed by atoms with Gasteiger partial charge in [0.25, 0.3) is 0 Å². The molecule has 0 amide bonds. The summed E-state index contributed by atoms with van der Waals surface area (Å²) in [7, 11) is 0. The van der Waals surface area contributed by atoms with Gasteiger partial charge in [0, 0.05) is 17.0 Å². The molecule has 2 N–H and O–H groups in total. The third kappa shape index (κ3) is 2.23. The van der Waals surface area contributed by atoms with Crippen molar-refractivity contribution in [2.45, 2.75) is 13.0 Å². The summed E-state index contributed by atoms with van der Waals surface area (Å²) in [6.45, 7) is 2.00. The Morgan fingerprint density at radius 3 is 2.37 bits per heavy atom. The first-order valence-electron chi connectivity index (χ1n) is 6.46. The lowest BCUT2D eigenvalue weighted by atomic mass is 9.99. The van der Waals surface area contributed by atoms with Gasteiger partial charge in [0.05, 0.1) is 11.2 Å². The minimum atomic E-state index is -0.0349. The van der Waals surface area contributed by atoms with Gasteiger partial charge in [-0.2, -0.15) is 0 Å². The summed E-state index contributed by atoms with van der Waals surface area (Å²) < 4.78 is 0. The van der Waals surface area contributed by atoms with Gasteiger partial charge >= 0.3 is 0 Å². The Morgan fingerprint density at radius 1 is 0.947 bits per heavy atom. The van der Waals surface area contributed by atoms with Crippen LogP contribution in [0.1, 0.15) is 18.5 Å². The maximum atomic E-state index is 6.10. The molecule has 1 heterocycles. The highest BCUT2D eigenvalue weighted by molar-refractivity contribution is 5.83. The summed E-state index contributed by atoms with van der Waals surface area (Å²) in [6.07, 6.45) is 0. The molecule has 0 spiro atoms. The summed E-state index contributed by atoms with van der Waals surface area (Å²) in [5, 5.41) is 1.13. The van der Waals surface area contributed by atoms with Crippen LogP contribution in [0.25, 0.3) is 22.2 Å². The Hall–Kier alpha value is -2.19. The van der Waals surface area contributed by atoms with Crippen LogP contribution in [0.4, 0.5) is 0 Å². The first-order chi connectivity index (χ1) is 9.25. The van der Waals surface area contributed by atoms with Crippen molar-refractivity contribution < 1.29 is 0 Å². The molecule has 0 saturated carbocycles. The number of fused-ring (bicyclic) bond motifs is 1. The normalized spacial score (nSPS) is 12.5. The van der Waals surface area contributed by atoms with E-state index >= 15 is 0 Å². The van der Waals surface area contributed by atoms with Gasteiger partial charge in [0.2, 0.25) is 0 Å². The Morgan fingerprint density at radius 2 is 1.63 bits per heavy atom. The van der Waals surface area contributed by atoms with Crippen LogP contribution in [-0.2, 0) is 0 Å². The lowest BCUT2D eigenvalue weighted by Crippen LogP contribution is -2.08. The van der Waals surface area contributed by atoms with Crippen LogP contribution in [0.3, 0.4) is 0 Å². The molecule has 3 aromatic rings. The van der Waals surface area contributed by atoms with E-state index in [0.717, 1.165) is 27.7 Å². The first-order valence-corrected chi connectivity index (χ1v) is 6.46. The fraction of sp³-hybridized carbons (Fsp3) is 0.118. The van der Waals surface area contributed by atoms with Crippen molar-refractivity contribution in [3.05, 3.63) is 66.2 Å². The Bertz CT molecular complexity index is 703. The van der Waals surface area contributed by atoms with E-state index in [9.17, 15) is 0 Å². The molecule has 2 aromatic carbocycles. The molecule has 1 atom stereocenters. The smallest absolute Gasteiger partial charge is 0.0757 e. The Labute approximate surface area is 112 Å². The number of hydrogen-bond donors (Lipinski definition) is 1. The van der Waals surface area contributed by atoms with Crippen LogP contribution >= 0.6 is 0 Å². The van der Waals surface area contributed by atoms with Gasteiger partial charge in [-0.3, -0.25) is 0 Å². The molecule has 1 unspecified atom stereocenters. The fourth-order valence-corrected chi connectivity index (χ4v) is 2.31. The van der Waals surface area contributed by atoms with Crippen molar-refractivity contribution >= 4 is 10.9 Å². The molecule has 3 rings (SSSR count). The third-order valence-corrected chi connectivity index (χ3v) is 3.29. The second kappa shape index (κ2) is 4.82. The number of aromatic nitrogens is 1. The molecule has 0 radical (unpaired) electrons. The number of pyridine rings is 1. The average molecular weight is 248 g/mol. The van der Waals surface area contributed by atoms with E-state index in [1.54, 1.807) is 0 Å². The van der Waals surface area contributed by atoms with Crippen LogP contribution in [0.15, 0.2) is 60.7 Å². The minimum absolute atomic E-state index is 0.0349. The summed E-state index contributed by atoms with van der Waals surface area (Å²) in [4.78, 5) is 4.79. The van der Waals surface area contributed by atoms with E-state index < -0.39 is 0 Å². The van der Waals surface area contributed by atoms with E-state index in [-0.39, 0.29) is 6.04 Å². The van der Waals surface area contributed by atoms with Crippen LogP contribution in [0.5, 0.6) is 0 Å². The number of rotatable bonds is 2. The quantitative estimate of drug-likeness (QED) is 0.746. The largest absolute Gasteiger partial charge is 0.324 e. The van der Waals surface area contributed by atoms with Crippen LogP contribution < -0.4 is 5.73 Å². The number of hydrogen-bond acceptors (Lipinski definition) is 2. The number of para-hydroxylation sites is 1. The van der Waals surface area contributed by atoms with Gasteiger partial charge < -0.3 is 5.73 Å². The molecule has 94 valence electrons. The maximum absolute atomic E-state index is 6.10. The van der Waals surface area contributed by atoms with Crippen molar-refractivity contribution in [1.82, 2.24) is 4.98 Å². The van der Waals surface area contributed by atoms with Gasteiger partial charge in [-0.1, -0.05) is 48.5 Å². The minimum Gasteiger partial charge on any atom is -0.324 e. The third-order valence-electron chi connectivity index (χ3n) is 3.29. The molecule has 2 nitrogen and oxygen atoms in total. The lowest BCUT2D eigenvalue weighted by molar-refractivity contribution is 0.817. The first kappa shape index (κ1) is 11.9. The van der Waals surface area contributed by atoms with E-state index in [4.69, 9.17) is 10.7 Å². The van der Waals surface area contributed by atoms with Crippen molar-refractivity contribution in [3.63, 3.8) is 0 Å². The molecule has 19 heavy (non-hydrogen) atoms. The van der Waals surface area contributed by atoms with E-state index in [1.165, 1.54) is 0 Å². The lowest BCUT2D eigenvalue weighted by Gasteiger charge is -2.13. The molecule has 0 saturated heterocycles. The molecule has 0 bridgehead atoms. The highest BCUT2D eigenvalue weighted by Gasteiger charge is 2.11. The van der Waals surface area contributed by atoms with Gasteiger partial charge in [0.15, 0.2) is 0 Å². The molecule has 0 aliphatic heterocycles. The Kier molecular flexibility index (Phi) is 3.02. The zero-order valence-electron chi connectivity index (χ0n) is 10.9. The van der Waals surface area contributed by atoms with Crippen LogP contribution in [0, 0.1) is 0 Å². The summed E-state index contributed by atoms with van der Waals surface area (Å²) in [6, 6.07) is 20.5. The van der Waals surface area contributed by atoms with Gasteiger partial charge in [-0.25, -0.2) is 4.98 Å². The van der Waals surface area contributed by atoms with Gasteiger partial charge in [-0.15, -0.1) is 0 Å².